The number of aromatic nitrogens is 2. The number of rotatable bonds is 8. The summed E-state index contributed by atoms with van der Waals surface area (Å²) in [6.45, 7) is 3.30. The normalized spacial score (nSPS) is 11.5. The summed E-state index contributed by atoms with van der Waals surface area (Å²) in [5.74, 6) is 0.0971. The molecule has 0 atom stereocenters. The van der Waals surface area contributed by atoms with Gasteiger partial charge in [0.15, 0.2) is 12.4 Å². The minimum Gasteiger partial charge on any atom is -0.459 e. The lowest BCUT2D eigenvalue weighted by molar-refractivity contribution is -0.145. The summed E-state index contributed by atoms with van der Waals surface area (Å²) in [5, 5.41) is 7.54. The molecule has 10 heteroatoms. The van der Waals surface area contributed by atoms with Crippen LogP contribution < -0.4 is 4.72 Å². The minimum atomic E-state index is -3.70. The summed E-state index contributed by atoms with van der Waals surface area (Å²) in [5.41, 5.74) is 1.61. The van der Waals surface area contributed by atoms with Crippen LogP contribution in [0.25, 0.3) is 11.7 Å². The van der Waals surface area contributed by atoms with Crippen LogP contribution in [0.2, 0.25) is 0 Å². The monoisotopic (exact) mass is 405 g/mol. The number of aryl methyl sites for hydroxylation is 2. The molecule has 28 heavy (non-hydrogen) atoms. The van der Waals surface area contributed by atoms with Gasteiger partial charge in [-0.15, -0.1) is 10.2 Å². The van der Waals surface area contributed by atoms with Crippen LogP contribution in [0.3, 0.4) is 0 Å². The van der Waals surface area contributed by atoms with Crippen molar-refractivity contribution < 1.29 is 26.8 Å². The van der Waals surface area contributed by atoms with Gasteiger partial charge in [-0.05, 0) is 37.6 Å². The van der Waals surface area contributed by atoms with Gasteiger partial charge in [-0.25, -0.2) is 13.1 Å². The van der Waals surface area contributed by atoms with E-state index in [-0.39, 0.29) is 36.2 Å². The van der Waals surface area contributed by atoms with Crippen LogP contribution in [0.4, 0.5) is 0 Å². The van der Waals surface area contributed by atoms with Crippen molar-refractivity contribution in [1.29, 1.82) is 0 Å². The summed E-state index contributed by atoms with van der Waals surface area (Å²) in [6.07, 6.45) is 1.34. The van der Waals surface area contributed by atoms with Gasteiger partial charge in [-0.2, -0.15) is 0 Å². The Kier molecular flexibility index (Phi) is 5.90. The van der Waals surface area contributed by atoms with E-state index in [0.29, 0.717) is 11.3 Å². The van der Waals surface area contributed by atoms with Crippen LogP contribution in [-0.2, 0) is 26.2 Å². The maximum Gasteiger partial charge on any atom is 0.307 e. The Bertz CT molecular complexity index is 1060. The van der Waals surface area contributed by atoms with Gasteiger partial charge in [-0.3, -0.25) is 4.79 Å². The fraction of sp³-hybridized carbons (Fsp3) is 0.278. The van der Waals surface area contributed by atoms with Crippen LogP contribution in [0, 0.1) is 13.8 Å². The first-order valence-corrected chi connectivity index (χ1v) is 9.92. The molecule has 0 aliphatic heterocycles. The number of carbonyl (C=O) groups excluding carboxylic acids is 1. The van der Waals surface area contributed by atoms with Crippen molar-refractivity contribution in [2.45, 2.75) is 31.8 Å². The third-order valence-corrected chi connectivity index (χ3v) is 5.42. The van der Waals surface area contributed by atoms with E-state index in [1.807, 2.05) is 6.92 Å². The zero-order valence-corrected chi connectivity index (χ0v) is 16.2. The zero-order chi connectivity index (χ0) is 20.1. The third kappa shape index (κ3) is 4.84. The number of benzene rings is 1. The van der Waals surface area contributed by atoms with Crippen LogP contribution in [0.15, 0.2) is 50.3 Å². The van der Waals surface area contributed by atoms with Crippen molar-refractivity contribution in [3.8, 4) is 11.7 Å². The first kappa shape index (κ1) is 19.8. The number of nitrogens with one attached hydrogen (secondary N) is 1. The largest absolute Gasteiger partial charge is 0.459 e. The first-order valence-electron chi connectivity index (χ1n) is 8.44. The molecule has 9 nitrogen and oxygen atoms in total. The fourth-order valence-electron chi connectivity index (χ4n) is 2.49. The summed E-state index contributed by atoms with van der Waals surface area (Å²) < 4.78 is 42.5. The van der Waals surface area contributed by atoms with Gasteiger partial charge in [0, 0.05) is 6.54 Å². The molecule has 0 aliphatic carbocycles. The number of hydrogen-bond donors (Lipinski definition) is 1. The molecular formula is C18H19N3O6S. The van der Waals surface area contributed by atoms with E-state index in [9.17, 15) is 13.2 Å². The average Bonchev–Trinajstić information content (AvgIpc) is 3.31. The first-order chi connectivity index (χ1) is 13.3. The molecule has 0 amide bonds. The molecular weight excluding hydrogens is 386 g/mol. The Morgan fingerprint density at radius 2 is 2.04 bits per heavy atom. The van der Waals surface area contributed by atoms with Gasteiger partial charge < -0.3 is 13.6 Å². The smallest absolute Gasteiger partial charge is 0.307 e. The van der Waals surface area contributed by atoms with Gasteiger partial charge in [0.05, 0.1) is 17.6 Å². The molecule has 0 radical (unpaired) electrons. The van der Waals surface area contributed by atoms with Crippen molar-refractivity contribution >= 4 is 16.0 Å². The fourth-order valence-corrected chi connectivity index (χ4v) is 3.75. The number of hydrogen-bond acceptors (Lipinski definition) is 8. The third-order valence-electron chi connectivity index (χ3n) is 3.80. The van der Waals surface area contributed by atoms with Crippen molar-refractivity contribution in [2.75, 3.05) is 6.54 Å². The molecule has 1 N–H and O–H groups in total. The van der Waals surface area contributed by atoms with E-state index in [1.54, 1.807) is 31.2 Å². The molecule has 0 spiro atoms. The number of carbonyl (C=O) groups is 1. The maximum atomic E-state index is 12.3. The Morgan fingerprint density at radius 3 is 2.75 bits per heavy atom. The predicted octanol–water partition coefficient (Wildman–Crippen LogP) is 2.36. The second-order valence-electron chi connectivity index (χ2n) is 6.06. The van der Waals surface area contributed by atoms with Crippen LogP contribution in [0.5, 0.6) is 0 Å². The Balaban J connectivity index is 1.47. The number of ether oxygens (including phenoxy) is 1. The van der Waals surface area contributed by atoms with Gasteiger partial charge in [-0.1, -0.05) is 17.7 Å². The lowest BCUT2D eigenvalue weighted by Crippen LogP contribution is -2.27. The van der Waals surface area contributed by atoms with E-state index in [2.05, 4.69) is 14.9 Å². The maximum absolute atomic E-state index is 12.3. The second-order valence-corrected chi connectivity index (χ2v) is 7.79. The molecule has 3 aromatic rings. The summed E-state index contributed by atoms with van der Waals surface area (Å²) in [6, 6.07) is 8.38. The molecule has 0 saturated heterocycles. The average molecular weight is 405 g/mol. The highest BCUT2D eigenvalue weighted by atomic mass is 32.2. The van der Waals surface area contributed by atoms with E-state index in [4.69, 9.17) is 13.6 Å². The van der Waals surface area contributed by atoms with E-state index in [0.717, 1.165) is 5.56 Å². The molecule has 3 rings (SSSR count). The molecule has 1 aromatic carbocycles. The van der Waals surface area contributed by atoms with E-state index in [1.165, 1.54) is 12.3 Å². The number of furan rings is 1. The van der Waals surface area contributed by atoms with Crippen molar-refractivity contribution in [3.63, 3.8) is 0 Å². The quantitative estimate of drug-likeness (QED) is 0.566. The van der Waals surface area contributed by atoms with Gasteiger partial charge in [0.2, 0.25) is 10.0 Å². The van der Waals surface area contributed by atoms with Crippen LogP contribution >= 0.6 is 0 Å². The molecule has 2 heterocycles. The highest BCUT2D eigenvalue weighted by Gasteiger charge is 2.17. The lowest BCUT2D eigenvalue weighted by atomic mass is 10.2. The Labute approximate surface area is 161 Å². The molecule has 148 valence electrons. The van der Waals surface area contributed by atoms with Crippen LogP contribution in [0.1, 0.15) is 23.4 Å². The molecule has 0 unspecified atom stereocenters. The topological polar surface area (TPSA) is 125 Å². The highest BCUT2D eigenvalue weighted by molar-refractivity contribution is 7.89. The minimum absolute atomic E-state index is 0.0873. The van der Waals surface area contributed by atoms with Crippen LogP contribution in [-0.4, -0.2) is 31.1 Å². The Hall–Kier alpha value is -2.98. The van der Waals surface area contributed by atoms with Crippen molar-refractivity contribution in [2.24, 2.45) is 0 Å². The van der Waals surface area contributed by atoms with E-state index < -0.39 is 16.0 Å². The second kappa shape index (κ2) is 8.36. The summed E-state index contributed by atoms with van der Waals surface area (Å²) >= 11 is 0. The molecule has 0 aliphatic rings. The lowest BCUT2D eigenvalue weighted by Gasteiger charge is -2.09. The Morgan fingerprint density at radius 1 is 1.21 bits per heavy atom. The molecule has 2 aromatic heterocycles. The number of sulfonamides is 1. The van der Waals surface area contributed by atoms with E-state index >= 15 is 0 Å². The highest BCUT2D eigenvalue weighted by Crippen LogP contribution is 2.18. The SMILES string of the molecule is Cc1ccc(S(=O)(=O)NCCC(=O)OCc2nnc(-c3ccco3)o2)c(C)c1. The predicted molar refractivity (Wildman–Crippen MR) is 97.5 cm³/mol. The molecule has 0 saturated carbocycles. The zero-order valence-electron chi connectivity index (χ0n) is 15.3. The summed E-state index contributed by atoms with van der Waals surface area (Å²) in [4.78, 5) is 12.0. The number of nitrogens with zero attached hydrogens (tertiary/aromatic N) is 2. The van der Waals surface area contributed by atoms with Crippen molar-refractivity contribution in [3.05, 3.63) is 53.6 Å². The van der Waals surface area contributed by atoms with Gasteiger partial charge in [0.1, 0.15) is 0 Å². The van der Waals surface area contributed by atoms with Gasteiger partial charge in [0.25, 0.3) is 11.8 Å². The summed E-state index contributed by atoms with van der Waals surface area (Å²) in [7, 11) is -3.70. The number of esters is 1. The standard InChI is InChI=1S/C18H19N3O6S/c1-12-5-6-15(13(2)10-12)28(23,24)19-8-7-17(22)26-11-16-20-21-18(27-16)14-4-3-9-25-14/h3-6,9-10,19H,7-8,11H2,1-2H3. The molecule has 0 bridgehead atoms. The van der Waals surface area contributed by atoms with Gasteiger partial charge >= 0.3 is 5.97 Å². The molecule has 0 fully saturated rings. The van der Waals surface area contributed by atoms with Crippen molar-refractivity contribution in [1.82, 2.24) is 14.9 Å².